The smallest absolute Gasteiger partial charge is 0.346 e. The summed E-state index contributed by atoms with van der Waals surface area (Å²) in [5.74, 6) is 0.173. The van der Waals surface area contributed by atoms with Gasteiger partial charge in [-0.3, -0.25) is 0 Å². The summed E-state index contributed by atoms with van der Waals surface area (Å²) in [6.07, 6.45) is -1.16. The molecule has 0 fully saturated rings. The minimum absolute atomic E-state index is 0.173. The van der Waals surface area contributed by atoms with Crippen LogP contribution in [0.5, 0.6) is 0 Å². The van der Waals surface area contributed by atoms with Crippen molar-refractivity contribution < 1.29 is 13.2 Å². The molecular formula is C14H16F3N3. The molecule has 0 radical (unpaired) electrons. The van der Waals surface area contributed by atoms with Crippen LogP contribution in [0.4, 0.5) is 19.0 Å². The zero-order valence-electron chi connectivity index (χ0n) is 11.3. The van der Waals surface area contributed by atoms with Crippen LogP contribution in [0, 0.1) is 11.3 Å². The number of hydrogen-bond acceptors (Lipinski definition) is 3. The van der Waals surface area contributed by atoms with Crippen molar-refractivity contribution in [2.75, 3.05) is 18.0 Å². The van der Waals surface area contributed by atoms with Crippen LogP contribution in [0.1, 0.15) is 36.6 Å². The van der Waals surface area contributed by atoms with Crippen LogP contribution < -0.4 is 4.90 Å². The van der Waals surface area contributed by atoms with Gasteiger partial charge in [-0.1, -0.05) is 6.92 Å². The molecule has 0 saturated heterocycles. The highest BCUT2D eigenvalue weighted by atomic mass is 19.4. The molecule has 1 aromatic heterocycles. The van der Waals surface area contributed by atoms with E-state index in [2.05, 4.69) is 4.98 Å². The Kier molecular flexibility index (Phi) is 4.17. The molecule has 0 spiro atoms. The van der Waals surface area contributed by atoms with Crippen molar-refractivity contribution in [1.29, 1.82) is 5.26 Å². The maximum absolute atomic E-state index is 12.7. The largest absolute Gasteiger partial charge is 0.405 e. The van der Waals surface area contributed by atoms with Crippen molar-refractivity contribution in [2.24, 2.45) is 0 Å². The molecule has 0 aliphatic heterocycles. The van der Waals surface area contributed by atoms with Gasteiger partial charge in [0, 0.05) is 12.2 Å². The second kappa shape index (κ2) is 5.70. The SMILES string of the molecule is CCCN(CC(F)(F)F)c1nc2c(cc1C#N)CCC2. The molecule has 0 aromatic carbocycles. The number of aromatic nitrogens is 1. The summed E-state index contributed by atoms with van der Waals surface area (Å²) in [5, 5.41) is 9.17. The van der Waals surface area contributed by atoms with E-state index >= 15 is 0 Å². The lowest BCUT2D eigenvalue weighted by atomic mass is 10.1. The molecule has 0 saturated carbocycles. The Hall–Kier alpha value is -1.77. The third-order valence-corrected chi connectivity index (χ3v) is 3.31. The van der Waals surface area contributed by atoms with Gasteiger partial charge in [-0.15, -0.1) is 0 Å². The van der Waals surface area contributed by atoms with Crippen molar-refractivity contribution >= 4 is 5.82 Å². The zero-order valence-corrected chi connectivity index (χ0v) is 11.3. The van der Waals surface area contributed by atoms with Crippen LogP contribution in [-0.2, 0) is 12.8 Å². The molecule has 3 nitrogen and oxygen atoms in total. The highest BCUT2D eigenvalue weighted by molar-refractivity contribution is 5.57. The molecule has 0 N–H and O–H groups in total. The van der Waals surface area contributed by atoms with E-state index in [1.807, 2.05) is 13.0 Å². The summed E-state index contributed by atoms with van der Waals surface area (Å²) < 4.78 is 38.0. The first-order valence-corrected chi connectivity index (χ1v) is 6.69. The highest BCUT2D eigenvalue weighted by Gasteiger charge is 2.32. The van der Waals surface area contributed by atoms with Gasteiger partial charge >= 0.3 is 6.18 Å². The molecule has 20 heavy (non-hydrogen) atoms. The van der Waals surface area contributed by atoms with Gasteiger partial charge in [0.05, 0.1) is 5.56 Å². The van der Waals surface area contributed by atoms with Crippen LogP contribution in [0.25, 0.3) is 0 Å². The second-order valence-electron chi connectivity index (χ2n) is 4.97. The molecule has 1 aliphatic carbocycles. The van der Waals surface area contributed by atoms with E-state index in [-0.39, 0.29) is 17.9 Å². The molecule has 6 heteroatoms. The number of pyridine rings is 1. The molecule has 0 unspecified atom stereocenters. The summed E-state index contributed by atoms with van der Waals surface area (Å²) in [6, 6.07) is 3.68. The van der Waals surface area contributed by atoms with Gasteiger partial charge in [0.15, 0.2) is 0 Å². The normalized spacial score (nSPS) is 13.9. The number of halogens is 3. The summed E-state index contributed by atoms with van der Waals surface area (Å²) in [5.41, 5.74) is 2.07. The Balaban J connectivity index is 2.39. The number of hydrogen-bond donors (Lipinski definition) is 0. The molecular weight excluding hydrogens is 267 g/mol. The van der Waals surface area contributed by atoms with Gasteiger partial charge in [0.2, 0.25) is 0 Å². The molecule has 0 atom stereocenters. The number of aryl methyl sites for hydroxylation is 2. The van der Waals surface area contributed by atoms with Gasteiger partial charge in [0.25, 0.3) is 0 Å². The monoisotopic (exact) mass is 283 g/mol. The van der Waals surface area contributed by atoms with Crippen LogP contribution in [-0.4, -0.2) is 24.2 Å². The fraction of sp³-hybridized carbons (Fsp3) is 0.571. The minimum atomic E-state index is -4.30. The minimum Gasteiger partial charge on any atom is -0.346 e. The average Bonchev–Trinajstić information content (AvgIpc) is 2.82. The molecule has 1 aliphatic rings. The fourth-order valence-corrected chi connectivity index (χ4v) is 2.53. The van der Waals surface area contributed by atoms with Gasteiger partial charge in [-0.2, -0.15) is 18.4 Å². The second-order valence-corrected chi connectivity index (χ2v) is 4.97. The molecule has 2 rings (SSSR count). The molecule has 1 heterocycles. The average molecular weight is 283 g/mol. The molecule has 108 valence electrons. The number of nitrogens with zero attached hydrogens (tertiary/aromatic N) is 3. The van der Waals surface area contributed by atoms with Gasteiger partial charge < -0.3 is 4.90 Å². The van der Waals surface area contributed by atoms with Crippen molar-refractivity contribution in [3.8, 4) is 6.07 Å². The van der Waals surface area contributed by atoms with E-state index in [0.717, 1.165) is 35.4 Å². The van der Waals surface area contributed by atoms with E-state index < -0.39 is 12.7 Å². The van der Waals surface area contributed by atoms with Crippen LogP contribution in [0.2, 0.25) is 0 Å². The third kappa shape index (κ3) is 3.21. The fourth-order valence-electron chi connectivity index (χ4n) is 2.53. The zero-order chi connectivity index (χ0) is 14.8. The Morgan fingerprint density at radius 3 is 2.75 bits per heavy atom. The van der Waals surface area contributed by atoms with Gasteiger partial charge in [-0.25, -0.2) is 4.98 Å². The van der Waals surface area contributed by atoms with Gasteiger partial charge in [0.1, 0.15) is 18.4 Å². The Bertz CT molecular complexity index is 532. The number of nitriles is 1. The molecule has 1 aromatic rings. The first-order valence-electron chi connectivity index (χ1n) is 6.69. The van der Waals surface area contributed by atoms with Crippen LogP contribution in [0.3, 0.4) is 0 Å². The Morgan fingerprint density at radius 1 is 1.40 bits per heavy atom. The van der Waals surface area contributed by atoms with E-state index in [0.29, 0.717) is 6.42 Å². The first kappa shape index (κ1) is 14.6. The summed E-state index contributed by atoms with van der Waals surface area (Å²) >= 11 is 0. The lowest BCUT2D eigenvalue weighted by Gasteiger charge is -2.25. The first-order chi connectivity index (χ1) is 9.44. The Morgan fingerprint density at radius 2 is 2.15 bits per heavy atom. The number of fused-ring (bicyclic) bond motifs is 1. The van der Waals surface area contributed by atoms with Crippen molar-refractivity contribution in [3.63, 3.8) is 0 Å². The maximum atomic E-state index is 12.7. The van der Waals surface area contributed by atoms with E-state index in [9.17, 15) is 13.2 Å². The predicted molar refractivity (Wildman–Crippen MR) is 69.5 cm³/mol. The third-order valence-electron chi connectivity index (χ3n) is 3.31. The van der Waals surface area contributed by atoms with Crippen LogP contribution in [0.15, 0.2) is 6.07 Å². The quantitative estimate of drug-likeness (QED) is 0.851. The van der Waals surface area contributed by atoms with E-state index in [4.69, 9.17) is 5.26 Å². The summed E-state index contributed by atoms with van der Waals surface area (Å²) in [7, 11) is 0. The number of rotatable bonds is 4. The topological polar surface area (TPSA) is 39.9 Å². The highest BCUT2D eigenvalue weighted by Crippen LogP contribution is 2.29. The van der Waals surface area contributed by atoms with Crippen molar-refractivity contribution in [1.82, 2.24) is 4.98 Å². The lowest BCUT2D eigenvalue weighted by Crippen LogP contribution is -2.36. The van der Waals surface area contributed by atoms with Crippen molar-refractivity contribution in [3.05, 3.63) is 22.9 Å². The standard InChI is InChI=1S/C14H16F3N3/c1-2-6-20(9-14(15,16)17)13-11(8-18)7-10-4-3-5-12(10)19-13/h7H,2-6,9H2,1H3. The summed E-state index contributed by atoms with van der Waals surface area (Å²) in [6.45, 7) is 0.976. The Labute approximate surface area is 116 Å². The number of anilines is 1. The predicted octanol–water partition coefficient (Wildman–Crippen LogP) is 3.22. The molecule has 0 bridgehead atoms. The van der Waals surface area contributed by atoms with Crippen molar-refractivity contribution in [2.45, 2.75) is 38.8 Å². The van der Waals surface area contributed by atoms with Gasteiger partial charge in [-0.05, 0) is 37.3 Å². The van der Waals surface area contributed by atoms with E-state index in [1.54, 1.807) is 6.07 Å². The number of alkyl halides is 3. The maximum Gasteiger partial charge on any atom is 0.405 e. The van der Waals surface area contributed by atoms with Crippen LogP contribution >= 0.6 is 0 Å². The van der Waals surface area contributed by atoms with E-state index in [1.165, 1.54) is 0 Å². The summed E-state index contributed by atoms with van der Waals surface area (Å²) in [4.78, 5) is 5.49. The lowest BCUT2D eigenvalue weighted by molar-refractivity contribution is -0.119. The molecule has 0 amide bonds.